The van der Waals surface area contributed by atoms with E-state index in [1.54, 1.807) is 13.3 Å². The maximum absolute atomic E-state index is 6.50. The number of nitrogens with zero attached hydrogens (tertiary/aromatic N) is 3. The molecule has 0 atom stereocenters. The van der Waals surface area contributed by atoms with Gasteiger partial charge in [-0.05, 0) is 36.6 Å². The minimum Gasteiger partial charge on any atom is -0.493 e. The Morgan fingerprint density at radius 1 is 1.10 bits per heavy atom. The van der Waals surface area contributed by atoms with E-state index in [4.69, 9.17) is 26.1 Å². The van der Waals surface area contributed by atoms with Gasteiger partial charge in [0.1, 0.15) is 17.9 Å². The van der Waals surface area contributed by atoms with E-state index in [0.717, 1.165) is 41.0 Å². The highest BCUT2D eigenvalue weighted by Crippen LogP contribution is 2.41. The summed E-state index contributed by atoms with van der Waals surface area (Å²) >= 11 is 6.50. The average molecular weight is 420 g/mol. The average Bonchev–Trinajstić information content (AvgIpc) is 3.12. The molecule has 5 nitrogen and oxygen atoms in total. The molecule has 152 valence electrons. The van der Waals surface area contributed by atoms with Gasteiger partial charge in [-0.25, -0.2) is 9.97 Å². The Balaban J connectivity index is 1.56. The van der Waals surface area contributed by atoms with Crippen LogP contribution in [0, 0.1) is 0 Å². The molecule has 1 aliphatic carbocycles. The molecule has 0 spiro atoms. The molecule has 1 saturated carbocycles. The maximum Gasteiger partial charge on any atom is 0.162 e. The third-order valence-electron chi connectivity index (χ3n) is 5.68. The van der Waals surface area contributed by atoms with Gasteiger partial charge in [0.15, 0.2) is 16.7 Å². The third kappa shape index (κ3) is 3.39. The second-order valence-electron chi connectivity index (χ2n) is 7.52. The highest BCUT2D eigenvalue weighted by Gasteiger charge is 2.27. The molecule has 5 rings (SSSR count). The summed E-state index contributed by atoms with van der Waals surface area (Å²) in [5.41, 5.74) is 3.68. The molecular formula is C24H22ClN3O2. The van der Waals surface area contributed by atoms with E-state index in [1.807, 2.05) is 54.7 Å². The minimum atomic E-state index is 0.452. The van der Waals surface area contributed by atoms with E-state index in [-0.39, 0.29) is 0 Å². The number of ether oxygens (including phenoxy) is 2. The number of benzene rings is 2. The van der Waals surface area contributed by atoms with E-state index < -0.39 is 0 Å². The highest BCUT2D eigenvalue weighted by atomic mass is 35.5. The van der Waals surface area contributed by atoms with E-state index in [2.05, 4.69) is 9.38 Å². The van der Waals surface area contributed by atoms with Crippen molar-refractivity contribution in [3.05, 3.63) is 77.5 Å². The van der Waals surface area contributed by atoms with Crippen LogP contribution in [0.5, 0.6) is 11.5 Å². The molecule has 1 fully saturated rings. The number of aromatic nitrogens is 3. The van der Waals surface area contributed by atoms with Crippen molar-refractivity contribution in [3.63, 3.8) is 0 Å². The molecule has 4 aromatic rings. The predicted octanol–water partition coefficient (Wildman–Crippen LogP) is 5.90. The first-order chi connectivity index (χ1) is 14.7. The van der Waals surface area contributed by atoms with Crippen LogP contribution >= 0.6 is 11.6 Å². The quantitative estimate of drug-likeness (QED) is 0.390. The van der Waals surface area contributed by atoms with Crippen molar-refractivity contribution < 1.29 is 9.47 Å². The molecule has 2 aromatic heterocycles. The zero-order chi connectivity index (χ0) is 20.5. The number of rotatable bonds is 6. The van der Waals surface area contributed by atoms with Crippen LogP contribution in [-0.2, 0) is 6.61 Å². The molecule has 0 aliphatic heterocycles. The van der Waals surface area contributed by atoms with E-state index in [0.29, 0.717) is 29.2 Å². The van der Waals surface area contributed by atoms with E-state index in [9.17, 15) is 0 Å². The molecule has 0 saturated heterocycles. The molecule has 0 unspecified atom stereocenters. The third-order valence-corrected chi connectivity index (χ3v) is 5.96. The van der Waals surface area contributed by atoms with Crippen molar-refractivity contribution in [2.75, 3.05) is 7.11 Å². The van der Waals surface area contributed by atoms with Crippen molar-refractivity contribution >= 4 is 17.1 Å². The van der Waals surface area contributed by atoms with Crippen molar-refractivity contribution in [2.24, 2.45) is 0 Å². The lowest BCUT2D eigenvalue weighted by Crippen LogP contribution is -2.12. The standard InChI is InChI=1S/C24H22ClN3O2/c1-29-19-11-10-18(14-20(19)30-15-16-6-3-2-4-7-16)21-22-23(25)26-12-13-28(22)24(27-21)17-8-5-9-17/h2-4,6-7,10-14,17H,5,8-9,15H2,1H3. The zero-order valence-corrected chi connectivity index (χ0v) is 17.5. The lowest BCUT2D eigenvalue weighted by atomic mass is 9.85. The van der Waals surface area contributed by atoms with Crippen LogP contribution in [0.2, 0.25) is 5.15 Å². The molecule has 6 heteroatoms. The van der Waals surface area contributed by atoms with Gasteiger partial charge in [-0.3, -0.25) is 4.40 Å². The number of hydrogen-bond acceptors (Lipinski definition) is 4. The fraction of sp³-hybridized carbons (Fsp3) is 0.250. The topological polar surface area (TPSA) is 48.7 Å². The molecule has 0 amide bonds. The Bertz CT molecular complexity index is 1190. The molecule has 2 heterocycles. The molecular weight excluding hydrogens is 398 g/mol. The highest BCUT2D eigenvalue weighted by molar-refractivity contribution is 6.33. The van der Waals surface area contributed by atoms with E-state index >= 15 is 0 Å². The van der Waals surface area contributed by atoms with Crippen LogP contribution in [0.3, 0.4) is 0 Å². The van der Waals surface area contributed by atoms with Gasteiger partial charge in [0, 0.05) is 23.9 Å². The Kier molecular flexibility index (Phi) is 5.05. The van der Waals surface area contributed by atoms with Gasteiger partial charge in [0.25, 0.3) is 0 Å². The molecule has 1 aliphatic rings. The zero-order valence-electron chi connectivity index (χ0n) is 16.7. The number of halogens is 1. The Morgan fingerprint density at radius 3 is 2.67 bits per heavy atom. The van der Waals surface area contributed by atoms with Crippen LogP contribution in [0.25, 0.3) is 16.8 Å². The van der Waals surface area contributed by atoms with Crippen molar-refractivity contribution in [2.45, 2.75) is 31.8 Å². The van der Waals surface area contributed by atoms with Gasteiger partial charge in [-0.15, -0.1) is 0 Å². The van der Waals surface area contributed by atoms with Crippen LogP contribution in [0.1, 0.15) is 36.6 Å². The summed E-state index contributed by atoms with van der Waals surface area (Å²) in [4.78, 5) is 9.29. The Morgan fingerprint density at radius 2 is 1.93 bits per heavy atom. The smallest absolute Gasteiger partial charge is 0.162 e. The van der Waals surface area contributed by atoms with Crippen LogP contribution in [0.15, 0.2) is 60.9 Å². The van der Waals surface area contributed by atoms with Crippen molar-refractivity contribution in [1.29, 1.82) is 0 Å². The number of hydrogen-bond donors (Lipinski definition) is 0. The summed E-state index contributed by atoms with van der Waals surface area (Å²) in [6, 6.07) is 15.9. The first-order valence-electron chi connectivity index (χ1n) is 10.1. The summed E-state index contributed by atoms with van der Waals surface area (Å²) < 4.78 is 13.7. The van der Waals surface area contributed by atoms with Gasteiger partial charge in [0.2, 0.25) is 0 Å². The molecule has 0 radical (unpaired) electrons. The Labute approximate surface area is 180 Å². The maximum atomic E-state index is 6.50. The number of methoxy groups -OCH3 is 1. The summed E-state index contributed by atoms with van der Waals surface area (Å²) in [5, 5.41) is 0.452. The monoisotopic (exact) mass is 419 g/mol. The van der Waals surface area contributed by atoms with Crippen LogP contribution in [-0.4, -0.2) is 21.5 Å². The van der Waals surface area contributed by atoms with Gasteiger partial charge < -0.3 is 9.47 Å². The molecule has 2 aromatic carbocycles. The Hall–Kier alpha value is -3.05. The number of fused-ring (bicyclic) bond motifs is 1. The van der Waals surface area contributed by atoms with Crippen LogP contribution in [0.4, 0.5) is 0 Å². The van der Waals surface area contributed by atoms with Crippen molar-refractivity contribution in [3.8, 4) is 22.8 Å². The summed E-state index contributed by atoms with van der Waals surface area (Å²) in [6.45, 7) is 0.459. The molecule has 0 N–H and O–H groups in total. The summed E-state index contributed by atoms with van der Waals surface area (Å²) in [5.74, 6) is 2.88. The SMILES string of the molecule is COc1ccc(-c2nc(C3CCC3)n3ccnc(Cl)c23)cc1OCc1ccccc1. The minimum absolute atomic E-state index is 0.452. The fourth-order valence-electron chi connectivity index (χ4n) is 3.85. The predicted molar refractivity (Wildman–Crippen MR) is 117 cm³/mol. The summed E-state index contributed by atoms with van der Waals surface area (Å²) in [7, 11) is 1.64. The lowest BCUT2D eigenvalue weighted by Gasteiger charge is -2.23. The summed E-state index contributed by atoms with van der Waals surface area (Å²) in [6.07, 6.45) is 7.24. The second kappa shape index (κ2) is 8.00. The molecule has 0 bridgehead atoms. The van der Waals surface area contributed by atoms with Gasteiger partial charge in [-0.2, -0.15) is 0 Å². The van der Waals surface area contributed by atoms with Gasteiger partial charge >= 0.3 is 0 Å². The van der Waals surface area contributed by atoms with Crippen LogP contribution < -0.4 is 9.47 Å². The first-order valence-corrected chi connectivity index (χ1v) is 10.5. The second-order valence-corrected chi connectivity index (χ2v) is 7.88. The largest absolute Gasteiger partial charge is 0.493 e. The van der Waals surface area contributed by atoms with Gasteiger partial charge in [0.05, 0.1) is 12.8 Å². The van der Waals surface area contributed by atoms with E-state index in [1.165, 1.54) is 6.42 Å². The fourth-order valence-corrected chi connectivity index (χ4v) is 4.09. The number of imidazole rings is 1. The van der Waals surface area contributed by atoms with Crippen molar-refractivity contribution in [1.82, 2.24) is 14.4 Å². The normalized spacial score (nSPS) is 13.9. The van der Waals surface area contributed by atoms with Gasteiger partial charge in [-0.1, -0.05) is 48.4 Å². The lowest BCUT2D eigenvalue weighted by molar-refractivity contribution is 0.284. The molecule has 30 heavy (non-hydrogen) atoms. The first kappa shape index (κ1) is 18.9.